The van der Waals surface area contributed by atoms with Crippen LogP contribution in [0.2, 0.25) is 0 Å². The molecule has 6 nitrogen and oxygen atoms in total. The van der Waals surface area contributed by atoms with Gasteiger partial charge in [0.2, 0.25) is 0 Å². The molecule has 0 saturated carbocycles. The zero-order valence-electron chi connectivity index (χ0n) is 15.3. The van der Waals surface area contributed by atoms with Gasteiger partial charge in [-0.05, 0) is 48.9 Å². The number of carboxylic acid groups (broad SMARTS) is 1. The molecule has 2 aromatic carbocycles. The second-order valence-electron chi connectivity index (χ2n) is 6.18. The molecule has 2 aromatic heterocycles. The van der Waals surface area contributed by atoms with Crippen LogP contribution in [-0.4, -0.2) is 28.2 Å². The molecule has 0 unspecified atom stereocenters. The van der Waals surface area contributed by atoms with Crippen molar-refractivity contribution in [3.63, 3.8) is 0 Å². The third-order valence-electron chi connectivity index (χ3n) is 4.34. The maximum atomic E-state index is 11.1. The summed E-state index contributed by atoms with van der Waals surface area (Å²) >= 11 is 1.56. The van der Waals surface area contributed by atoms with Gasteiger partial charge in [0.05, 0.1) is 18.1 Å². The van der Waals surface area contributed by atoms with Crippen LogP contribution in [-0.2, 0) is 0 Å². The standard InChI is InChI=1S/C21H17N3O3S/c1-12-22-19(24-15-7-3-14(4-8-15)21(25)26)18-17(11-28-20(18)23-12)13-5-9-16(27-2)10-6-13/h3-11H,1-2H3,(H,25,26)(H,22,23,24). The number of nitrogens with zero attached hydrogens (tertiary/aromatic N) is 2. The number of aromatic carboxylic acids is 1. The molecular weight excluding hydrogens is 374 g/mol. The Morgan fingerprint density at radius 3 is 2.43 bits per heavy atom. The maximum absolute atomic E-state index is 11.1. The Kier molecular flexibility index (Phi) is 4.67. The van der Waals surface area contributed by atoms with Crippen molar-refractivity contribution in [2.24, 2.45) is 0 Å². The van der Waals surface area contributed by atoms with Crippen molar-refractivity contribution in [3.8, 4) is 16.9 Å². The molecule has 140 valence electrons. The highest BCUT2D eigenvalue weighted by atomic mass is 32.1. The predicted molar refractivity (Wildman–Crippen MR) is 111 cm³/mol. The van der Waals surface area contributed by atoms with Crippen molar-refractivity contribution in [2.75, 3.05) is 12.4 Å². The largest absolute Gasteiger partial charge is 0.497 e. The number of methoxy groups -OCH3 is 1. The van der Waals surface area contributed by atoms with Gasteiger partial charge in [0.15, 0.2) is 0 Å². The number of aryl methyl sites for hydroxylation is 1. The summed E-state index contributed by atoms with van der Waals surface area (Å²) in [6.07, 6.45) is 0. The highest BCUT2D eigenvalue weighted by molar-refractivity contribution is 7.17. The summed E-state index contributed by atoms with van der Waals surface area (Å²) in [7, 11) is 1.64. The molecule has 0 atom stereocenters. The number of thiophene rings is 1. The molecule has 0 spiro atoms. The van der Waals surface area contributed by atoms with E-state index in [1.807, 2.05) is 31.2 Å². The lowest BCUT2D eigenvalue weighted by atomic mass is 10.1. The first kappa shape index (κ1) is 17.9. The fraction of sp³-hybridized carbons (Fsp3) is 0.0952. The van der Waals surface area contributed by atoms with Gasteiger partial charge in [0.25, 0.3) is 0 Å². The van der Waals surface area contributed by atoms with Gasteiger partial charge in [0.1, 0.15) is 22.2 Å². The normalized spacial score (nSPS) is 10.8. The molecule has 0 aliphatic heterocycles. The molecule has 0 fully saturated rings. The Hall–Kier alpha value is -3.45. The number of hydrogen-bond acceptors (Lipinski definition) is 6. The molecular formula is C21H17N3O3S. The molecule has 0 aliphatic rings. The lowest BCUT2D eigenvalue weighted by molar-refractivity contribution is 0.0697. The highest BCUT2D eigenvalue weighted by Gasteiger charge is 2.15. The van der Waals surface area contributed by atoms with Crippen LogP contribution < -0.4 is 10.1 Å². The van der Waals surface area contributed by atoms with E-state index in [-0.39, 0.29) is 5.56 Å². The van der Waals surface area contributed by atoms with Crippen LogP contribution in [0.15, 0.2) is 53.9 Å². The van der Waals surface area contributed by atoms with Crippen molar-refractivity contribution in [3.05, 3.63) is 65.3 Å². The van der Waals surface area contributed by atoms with E-state index in [2.05, 4.69) is 20.7 Å². The van der Waals surface area contributed by atoms with Crippen LogP contribution in [0, 0.1) is 6.92 Å². The number of rotatable bonds is 5. The Morgan fingerprint density at radius 2 is 1.79 bits per heavy atom. The van der Waals surface area contributed by atoms with Crippen molar-refractivity contribution in [1.29, 1.82) is 0 Å². The molecule has 4 rings (SSSR count). The number of nitrogens with one attached hydrogen (secondary N) is 1. The Balaban J connectivity index is 1.78. The summed E-state index contributed by atoms with van der Waals surface area (Å²) in [6.45, 7) is 1.85. The van der Waals surface area contributed by atoms with Crippen LogP contribution in [0.3, 0.4) is 0 Å². The van der Waals surface area contributed by atoms with Gasteiger partial charge in [-0.25, -0.2) is 14.8 Å². The number of fused-ring (bicyclic) bond motifs is 1. The monoisotopic (exact) mass is 391 g/mol. The minimum Gasteiger partial charge on any atom is -0.497 e. The van der Waals surface area contributed by atoms with E-state index in [0.717, 1.165) is 32.8 Å². The average molecular weight is 391 g/mol. The average Bonchev–Trinajstić information content (AvgIpc) is 3.12. The Bertz CT molecular complexity index is 1150. The molecule has 7 heteroatoms. The fourth-order valence-corrected chi connectivity index (χ4v) is 3.95. The van der Waals surface area contributed by atoms with Crippen molar-refractivity contribution >= 4 is 39.0 Å². The summed E-state index contributed by atoms with van der Waals surface area (Å²) in [5, 5.41) is 15.4. The molecule has 0 aliphatic carbocycles. The van der Waals surface area contributed by atoms with Gasteiger partial charge in [0, 0.05) is 16.6 Å². The van der Waals surface area contributed by atoms with Gasteiger partial charge in [-0.2, -0.15) is 0 Å². The van der Waals surface area contributed by atoms with Gasteiger partial charge < -0.3 is 15.2 Å². The van der Waals surface area contributed by atoms with Crippen LogP contribution >= 0.6 is 11.3 Å². The SMILES string of the molecule is COc1ccc(-c2csc3nc(C)nc(Nc4ccc(C(=O)O)cc4)c23)cc1. The number of carbonyl (C=O) groups is 1. The second kappa shape index (κ2) is 7.28. The van der Waals surface area contributed by atoms with Crippen molar-refractivity contribution in [1.82, 2.24) is 9.97 Å². The minimum atomic E-state index is -0.952. The van der Waals surface area contributed by atoms with Crippen molar-refractivity contribution in [2.45, 2.75) is 6.92 Å². The molecule has 0 saturated heterocycles. The summed E-state index contributed by atoms with van der Waals surface area (Å²) < 4.78 is 5.24. The molecule has 0 radical (unpaired) electrons. The van der Waals surface area contributed by atoms with E-state index >= 15 is 0 Å². The third kappa shape index (κ3) is 3.39. The first-order valence-electron chi connectivity index (χ1n) is 8.56. The lowest BCUT2D eigenvalue weighted by Crippen LogP contribution is -2.00. The van der Waals surface area contributed by atoms with E-state index < -0.39 is 5.97 Å². The smallest absolute Gasteiger partial charge is 0.335 e. The Labute approximate surface area is 165 Å². The number of anilines is 2. The predicted octanol–water partition coefficient (Wildman–Crippen LogP) is 5.12. The molecule has 0 bridgehead atoms. The van der Waals surface area contributed by atoms with E-state index in [1.165, 1.54) is 0 Å². The zero-order valence-corrected chi connectivity index (χ0v) is 16.1. The maximum Gasteiger partial charge on any atom is 0.335 e. The molecule has 4 aromatic rings. The van der Waals surface area contributed by atoms with Crippen LogP contribution in [0.1, 0.15) is 16.2 Å². The van der Waals surface area contributed by atoms with E-state index in [0.29, 0.717) is 11.6 Å². The number of benzene rings is 2. The van der Waals surface area contributed by atoms with Crippen LogP contribution in [0.5, 0.6) is 5.75 Å². The highest BCUT2D eigenvalue weighted by Crippen LogP contribution is 2.38. The number of carboxylic acids is 1. The van der Waals surface area contributed by atoms with Gasteiger partial charge in [-0.3, -0.25) is 0 Å². The lowest BCUT2D eigenvalue weighted by Gasteiger charge is -2.10. The summed E-state index contributed by atoms with van der Waals surface area (Å²) in [5.74, 6) is 1.21. The molecule has 2 heterocycles. The fourth-order valence-electron chi connectivity index (χ4n) is 2.95. The quantitative estimate of drug-likeness (QED) is 0.491. The molecule has 2 N–H and O–H groups in total. The Morgan fingerprint density at radius 1 is 1.07 bits per heavy atom. The second-order valence-corrected chi connectivity index (χ2v) is 7.04. The number of ether oxygens (including phenoxy) is 1. The zero-order chi connectivity index (χ0) is 19.7. The molecule has 28 heavy (non-hydrogen) atoms. The summed E-state index contributed by atoms with van der Waals surface area (Å²) in [6, 6.07) is 14.4. The van der Waals surface area contributed by atoms with E-state index in [4.69, 9.17) is 9.84 Å². The first-order chi connectivity index (χ1) is 13.5. The summed E-state index contributed by atoms with van der Waals surface area (Å²) in [4.78, 5) is 21.1. The van der Waals surface area contributed by atoms with Crippen LogP contribution in [0.25, 0.3) is 21.3 Å². The number of aromatic nitrogens is 2. The number of hydrogen-bond donors (Lipinski definition) is 2. The third-order valence-corrected chi connectivity index (χ3v) is 5.21. The van der Waals surface area contributed by atoms with Crippen molar-refractivity contribution < 1.29 is 14.6 Å². The molecule has 0 amide bonds. The van der Waals surface area contributed by atoms with E-state index in [9.17, 15) is 4.79 Å². The first-order valence-corrected chi connectivity index (χ1v) is 9.44. The van der Waals surface area contributed by atoms with Gasteiger partial charge >= 0.3 is 5.97 Å². The summed E-state index contributed by atoms with van der Waals surface area (Å²) in [5.41, 5.74) is 3.08. The van der Waals surface area contributed by atoms with Crippen LogP contribution in [0.4, 0.5) is 11.5 Å². The van der Waals surface area contributed by atoms with Gasteiger partial charge in [-0.15, -0.1) is 11.3 Å². The van der Waals surface area contributed by atoms with E-state index in [1.54, 1.807) is 42.7 Å². The van der Waals surface area contributed by atoms with Gasteiger partial charge in [-0.1, -0.05) is 12.1 Å². The topological polar surface area (TPSA) is 84.3 Å². The minimum absolute atomic E-state index is 0.240.